The Balaban J connectivity index is 1.59. The minimum absolute atomic E-state index is 0.0579. The molecule has 8 nitrogen and oxygen atoms in total. The third-order valence-corrected chi connectivity index (χ3v) is 5.73. The molecule has 1 fully saturated rings. The predicted octanol–water partition coefficient (Wildman–Crippen LogP) is 3.90. The molecular formula is C27H26FN3O5. The molecule has 0 aromatic heterocycles. The van der Waals surface area contributed by atoms with Gasteiger partial charge < -0.3 is 20.1 Å². The molecule has 1 heterocycles. The van der Waals surface area contributed by atoms with Gasteiger partial charge in [-0.2, -0.15) is 0 Å². The zero-order chi connectivity index (χ0) is 25.5. The topological polar surface area (TPSA) is 97.0 Å². The van der Waals surface area contributed by atoms with Gasteiger partial charge in [-0.25, -0.2) is 9.18 Å². The first-order valence-electron chi connectivity index (χ1n) is 11.4. The molecule has 1 aliphatic heterocycles. The van der Waals surface area contributed by atoms with Gasteiger partial charge in [0.15, 0.2) is 12.1 Å². The zero-order valence-electron chi connectivity index (χ0n) is 19.6. The molecule has 0 aliphatic carbocycles. The van der Waals surface area contributed by atoms with Crippen molar-refractivity contribution in [3.63, 3.8) is 0 Å². The first-order valence-corrected chi connectivity index (χ1v) is 11.4. The van der Waals surface area contributed by atoms with Gasteiger partial charge in [-0.1, -0.05) is 42.5 Å². The standard InChI is InChI=1S/C27H26FN3O5/c1-35-15-14-29-26(33)23-24(36-27(34)31(23)17-18-10-12-21(28)13-11-18)20-8-5-9-22(16-20)30-25(32)19-6-3-2-4-7-19/h2-13,16,23-24H,14-15,17H2,1H3,(H,29,33)(H,30,32). The molecule has 0 bridgehead atoms. The summed E-state index contributed by atoms with van der Waals surface area (Å²) >= 11 is 0. The highest BCUT2D eigenvalue weighted by atomic mass is 19.1. The lowest BCUT2D eigenvalue weighted by atomic mass is 10.00. The smallest absolute Gasteiger partial charge is 0.411 e. The highest BCUT2D eigenvalue weighted by molar-refractivity contribution is 6.04. The second-order valence-electron chi connectivity index (χ2n) is 8.23. The van der Waals surface area contributed by atoms with Gasteiger partial charge in [-0.3, -0.25) is 14.5 Å². The number of rotatable bonds is 9. The molecule has 0 spiro atoms. The summed E-state index contributed by atoms with van der Waals surface area (Å²) in [6, 6.07) is 20.3. The molecule has 9 heteroatoms. The van der Waals surface area contributed by atoms with Crippen molar-refractivity contribution in [3.8, 4) is 0 Å². The molecule has 1 saturated heterocycles. The van der Waals surface area contributed by atoms with E-state index in [1.54, 1.807) is 60.7 Å². The van der Waals surface area contributed by atoms with Gasteiger partial charge in [-0.15, -0.1) is 0 Å². The number of carbonyl (C=O) groups is 3. The molecule has 186 valence electrons. The second kappa shape index (κ2) is 11.5. The van der Waals surface area contributed by atoms with Crippen LogP contribution in [0.3, 0.4) is 0 Å². The molecule has 2 unspecified atom stereocenters. The average molecular weight is 492 g/mol. The summed E-state index contributed by atoms with van der Waals surface area (Å²) in [6.07, 6.45) is -1.59. The van der Waals surface area contributed by atoms with Gasteiger partial charge in [0.2, 0.25) is 5.91 Å². The largest absolute Gasteiger partial charge is 0.438 e. The van der Waals surface area contributed by atoms with E-state index < -0.39 is 30.0 Å². The molecule has 2 N–H and O–H groups in total. The van der Waals surface area contributed by atoms with Crippen molar-refractivity contribution >= 4 is 23.6 Å². The lowest BCUT2D eigenvalue weighted by molar-refractivity contribution is -0.126. The van der Waals surface area contributed by atoms with Crippen LogP contribution >= 0.6 is 0 Å². The monoisotopic (exact) mass is 491 g/mol. The van der Waals surface area contributed by atoms with Crippen LogP contribution in [0, 0.1) is 5.82 Å². The first kappa shape index (κ1) is 24.9. The fourth-order valence-corrected chi connectivity index (χ4v) is 3.96. The molecule has 0 saturated carbocycles. The molecule has 2 atom stereocenters. The Morgan fingerprint density at radius 3 is 2.50 bits per heavy atom. The molecule has 4 rings (SSSR count). The van der Waals surface area contributed by atoms with E-state index in [0.29, 0.717) is 29.0 Å². The van der Waals surface area contributed by atoms with Crippen molar-refractivity contribution < 1.29 is 28.2 Å². The number of nitrogens with one attached hydrogen (secondary N) is 2. The van der Waals surface area contributed by atoms with Gasteiger partial charge >= 0.3 is 6.09 Å². The molecule has 1 aliphatic rings. The fraction of sp³-hybridized carbons (Fsp3) is 0.222. The number of ether oxygens (including phenoxy) is 2. The van der Waals surface area contributed by atoms with Crippen molar-refractivity contribution in [2.24, 2.45) is 0 Å². The highest BCUT2D eigenvalue weighted by Crippen LogP contribution is 2.35. The van der Waals surface area contributed by atoms with Gasteiger partial charge in [0.25, 0.3) is 5.91 Å². The number of carbonyl (C=O) groups excluding carboxylic acids is 3. The van der Waals surface area contributed by atoms with E-state index in [0.717, 1.165) is 0 Å². The van der Waals surface area contributed by atoms with Gasteiger partial charge in [0.05, 0.1) is 13.2 Å². The number of halogens is 1. The maximum absolute atomic E-state index is 13.4. The number of benzene rings is 3. The summed E-state index contributed by atoms with van der Waals surface area (Å²) in [7, 11) is 1.52. The maximum Gasteiger partial charge on any atom is 0.411 e. The number of methoxy groups -OCH3 is 1. The number of hydrogen-bond donors (Lipinski definition) is 2. The van der Waals surface area contributed by atoms with Crippen LogP contribution in [0.25, 0.3) is 0 Å². The highest BCUT2D eigenvalue weighted by Gasteiger charge is 2.47. The van der Waals surface area contributed by atoms with Gasteiger partial charge in [0, 0.05) is 24.9 Å². The van der Waals surface area contributed by atoms with Crippen molar-refractivity contribution in [3.05, 3.63) is 101 Å². The normalized spacial score (nSPS) is 16.9. The quantitative estimate of drug-likeness (QED) is 0.443. The van der Waals surface area contributed by atoms with E-state index in [1.165, 1.54) is 24.1 Å². The SMILES string of the molecule is COCCNC(=O)C1C(c2cccc(NC(=O)c3ccccc3)c2)OC(=O)N1Cc1ccc(F)cc1. The van der Waals surface area contributed by atoms with E-state index in [9.17, 15) is 18.8 Å². The Hall–Kier alpha value is -4.24. The summed E-state index contributed by atoms with van der Waals surface area (Å²) in [5, 5.41) is 5.60. The lowest BCUT2D eigenvalue weighted by Gasteiger charge is -2.24. The Morgan fingerprint density at radius 1 is 1.03 bits per heavy atom. The van der Waals surface area contributed by atoms with E-state index in [2.05, 4.69) is 10.6 Å². The van der Waals surface area contributed by atoms with Crippen LogP contribution in [-0.4, -0.2) is 49.1 Å². The van der Waals surface area contributed by atoms with Crippen molar-refractivity contribution in [2.75, 3.05) is 25.6 Å². The van der Waals surface area contributed by atoms with E-state index in [4.69, 9.17) is 9.47 Å². The Kier molecular flexibility index (Phi) is 7.92. The number of nitrogens with zero attached hydrogens (tertiary/aromatic N) is 1. The van der Waals surface area contributed by atoms with Crippen LogP contribution in [0.2, 0.25) is 0 Å². The van der Waals surface area contributed by atoms with Crippen LogP contribution in [0.4, 0.5) is 14.9 Å². The minimum Gasteiger partial charge on any atom is -0.438 e. The lowest BCUT2D eigenvalue weighted by Crippen LogP contribution is -2.47. The number of amides is 3. The summed E-state index contributed by atoms with van der Waals surface area (Å²) in [4.78, 5) is 40.0. The van der Waals surface area contributed by atoms with E-state index in [-0.39, 0.29) is 19.0 Å². The van der Waals surface area contributed by atoms with Crippen molar-refractivity contribution in [2.45, 2.75) is 18.7 Å². The van der Waals surface area contributed by atoms with Gasteiger partial charge in [-0.05, 0) is 47.5 Å². The molecule has 0 radical (unpaired) electrons. The first-order chi connectivity index (χ1) is 17.5. The summed E-state index contributed by atoms with van der Waals surface area (Å²) in [6.45, 7) is 0.615. The molecule has 3 aromatic rings. The third-order valence-electron chi connectivity index (χ3n) is 5.73. The maximum atomic E-state index is 13.4. The molecule has 36 heavy (non-hydrogen) atoms. The van der Waals surface area contributed by atoms with E-state index >= 15 is 0 Å². The second-order valence-corrected chi connectivity index (χ2v) is 8.23. The zero-order valence-corrected chi connectivity index (χ0v) is 19.6. The predicted molar refractivity (Wildman–Crippen MR) is 131 cm³/mol. The molecular weight excluding hydrogens is 465 g/mol. The third kappa shape index (κ3) is 5.87. The van der Waals surface area contributed by atoms with Crippen LogP contribution in [-0.2, 0) is 20.8 Å². The number of anilines is 1. The number of hydrogen-bond acceptors (Lipinski definition) is 5. The van der Waals surface area contributed by atoms with Crippen molar-refractivity contribution in [1.82, 2.24) is 10.2 Å². The molecule has 3 amide bonds. The fourth-order valence-electron chi connectivity index (χ4n) is 3.96. The van der Waals surface area contributed by atoms with Crippen molar-refractivity contribution in [1.29, 1.82) is 0 Å². The van der Waals surface area contributed by atoms with E-state index in [1.807, 2.05) is 6.07 Å². The van der Waals surface area contributed by atoms with Crippen LogP contribution in [0.15, 0.2) is 78.9 Å². The molecule has 3 aromatic carbocycles. The van der Waals surface area contributed by atoms with Crippen LogP contribution in [0.5, 0.6) is 0 Å². The van der Waals surface area contributed by atoms with Crippen LogP contribution < -0.4 is 10.6 Å². The Bertz CT molecular complexity index is 1220. The van der Waals surface area contributed by atoms with Gasteiger partial charge in [0.1, 0.15) is 5.82 Å². The Morgan fingerprint density at radius 2 is 1.78 bits per heavy atom. The summed E-state index contributed by atoms with van der Waals surface area (Å²) in [5.74, 6) is -1.10. The average Bonchev–Trinajstić information content (AvgIpc) is 3.22. The Labute approximate surface area is 208 Å². The van der Waals surface area contributed by atoms with Crippen LogP contribution in [0.1, 0.15) is 27.6 Å². The summed E-state index contributed by atoms with van der Waals surface area (Å²) < 4.78 is 24.0. The summed E-state index contributed by atoms with van der Waals surface area (Å²) in [5.41, 5.74) is 2.18. The minimum atomic E-state index is -0.987. The number of cyclic esters (lactones) is 1.